The molecular weight excluding hydrogens is 525 g/mol. The fourth-order valence-corrected chi connectivity index (χ4v) is 3.90. The second-order valence-electron chi connectivity index (χ2n) is 7.81. The topological polar surface area (TPSA) is 117 Å². The van der Waals surface area contributed by atoms with Gasteiger partial charge in [-0.15, -0.1) is 0 Å². The lowest BCUT2D eigenvalue weighted by molar-refractivity contribution is -0.137. The molecule has 0 aromatic heterocycles. The van der Waals surface area contributed by atoms with E-state index in [2.05, 4.69) is 15.8 Å². The molecule has 0 fully saturated rings. The molecule has 0 unspecified atom stereocenters. The number of rotatable bonds is 10. The number of halogens is 4. The van der Waals surface area contributed by atoms with Crippen molar-refractivity contribution >= 4 is 45.3 Å². The molecule has 0 saturated heterocycles. The van der Waals surface area contributed by atoms with E-state index in [9.17, 15) is 31.2 Å². The Morgan fingerprint density at radius 2 is 1.78 bits per heavy atom. The summed E-state index contributed by atoms with van der Waals surface area (Å²) in [6.07, 6.45) is -2.75. The normalized spacial score (nSPS) is 12.0. The summed E-state index contributed by atoms with van der Waals surface area (Å²) in [6, 6.07) is 8.48. The van der Waals surface area contributed by atoms with Crippen LogP contribution in [0.2, 0.25) is 5.02 Å². The van der Waals surface area contributed by atoms with Crippen LogP contribution in [0.25, 0.3) is 0 Å². The highest BCUT2D eigenvalue weighted by molar-refractivity contribution is 7.92. The number of benzene rings is 2. The number of hydrogen-bond acceptors (Lipinski definition) is 6. The van der Waals surface area contributed by atoms with Crippen LogP contribution in [0.15, 0.2) is 47.6 Å². The maximum atomic E-state index is 13.1. The van der Waals surface area contributed by atoms with Crippen molar-refractivity contribution in [3.8, 4) is 5.75 Å². The predicted molar refractivity (Wildman–Crippen MR) is 130 cm³/mol. The number of carbonyl (C=O) groups excluding carboxylic acids is 2. The van der Waals surface area contributed by atoms with Gasteiger partial charge in [0.1, 0.15) is 12.3 Å². The molecule has 0 aliphatic rings. The van der Waals surface area contributed by atoms with Gasteiger partial charge in [-0.3, -0.25) is 13.9 Å². The van der Waals surface area contributed by atoms with E-state index in [0.29, 0.717) is 27.8 Å². The predicted octanol–water partition coefficient (Wildman–Crippen LogP) is 3.18. The first-order valence-corrected chi connectivity index (χ1v) is 12.6. The molecule has 2 rings (SSSR count). The first-order chi connectivity index (χ1) is 16.7. The molecule has 2 aromatic carbocycles. The van der Waals surface area contributed by atoms with Crippen LogP contribution in [0.5, 0.6) is 5.75 Å². The lowest BCUT2D eigenvalue weighted by Gasteiger charge is -2.23. The molecule has 0 heterocycles. The number of sulfonamides is 1. The van der Waals surface area contributed by atoms with Crippen molar-refractivity contribution in [3.05, 3.63) is 58.6 Å². The standard InChI is InChI=1S/C22H24ClF3N4O5S/c1-14(2)28-21(32)13-35-17-7-4-15(5-8-17)11-27-29-20(31)12-30(36(3,33)34)19-10-16(22(24,25)26)6-9-18(19)23/h4-11,14H,12-13H2,1-3H3,(H,28,32)(H,29,31)/b27-11-. The number of nitrogens with one attached hydrogen (secondary N) is 2. The quantitative estimate of drug-likeness (QED) is 0.349. The van der Waals surface area contributed by atoms with E-state index in [0.717, 1.165) is 12.3 Å². The molecular formula is C22H24ClF3N4O5S. The fourth-order valence-electron chi connectivity index (χ4n) is 2.77. The van der Waals surface area contributed by atoms with Crippen LogP contribution in [-0.2, 0) is 25.8 Å². The lowest BCUT2D eigenvalue weighted by atomic mass is 10.2. The third-order valence-corrected chi connectivity index (χ3v) is 5.78. The highest BCUT2D eigenvalue weighted by Crippen LogP contribution is 2.36. The van der Waals surface area contributed by atoms with Crippen LogP contribution in [0.1, 0.15) is 25.0 Å². The monoisotopic (exact) mass is 548 g/mol. The first kappa shape index (κ1) is 28.9. The van der Waals surface area contributed by atoms with Crippen LogP contribution in [0.4, 0.5) is 18.9 Å². The summed E-state index contributed by atoms with van der Waals surface area (Å²) in [4.78, 5) is 23.9. The van der Waals surface area contributed by atoms with Gasteiger partial charge < -0.3 is 10.1 Å². The minimum Gasteiger partial charge on any atom is -0.484 e. The highest BCUT2D eigenvalue weighted by Gasteiger charge is 2.33. The van der Waals surface area contributed by atoms with Gasteiger partial charge in [-0.1, -0.05) is 11.6 Å². The van der Waals surface area contributed by atoms with Gasteiger partial charge in [0.2, 0.25) is 10.0 Å². The summed E-state index contributed by atoms with van der Waals surface area (Å²) in [5.74, 6) is -0.758. The van der Waals surface area contributed by atoms with Gasteiger partial charge >= 0.3 is 6.18 Å². The zero-order valence-electron chi connectivity index (χ0n) is 19.5. The average Bonchev–Trinajstić information content (AvgIpc) is 2.75. The van der Waals surface area contributed by atoms with Gasteiger partial charge in [-0.25, -0.2) is 13.8 Å². The number of hydrazone groups is 1. The van der Waals surface area contributed by atoms with E-state index >= 15 is 0 Å². The van der Waals surface area contributed by atoms with E-state index in [1.54, 1.807) is 24.3 Å². The Balaban J connectivity index is 2.03. The number of ether oxygens (including phenoxy) is 1. The number of alkyl halides is 3. The Morgan fingerprint density at radius 1 is 1.14 bits per heavy atom. The Labute approximate surface area is 211 Å². The summed E-state index contributed by atoms with van der Waals surface area (Å²) in [6.45, 7) is 2.63. The summed E-state index contributed by atoms with van der Waals surface area (Å²) < 4.78 is 69.4. The molecule has 0 bridgehead atoms. The Kier molecular flexibility index (Phi) is 9.70. The van der Waals surface area contributed by atoms with E-state index in [1.165, 1.54) is 6.21 Å². The molecule has 2 N–H and O–H groups in total. The summed E-state index contributed by atoms with van der Waals surface area (Å²) in [7, 11) is -4.17. The van der Waals surface area contributed by atoms with Gasteiger partial charge in [0, 0.05) is 6.04 Å². The number of amides is 2. The minimum atomic E-state index is -4.74. The molecule has 0 spiro atoms. The van der Waals surface area contributed by atoms with Gasteiger partial charge in [0.15, 0.2) is 6.61 Å². The Morgan fingerprint density at radius 3 is 2.33 bits per heavy atom. The van der Waals surface area contributed by atoms with Crippen molar-refractivity contribution in [3.63, 3.8) is 0 Å². The molecule has 9 nitrogen and oxygen atoms in total. The summed E-state index contributed by atoms with van der Waals surface area (Å²) >= 11 is 5.92. The summed E-state index contributed by atoms with van der Waals surface area (Å²) in [5.41, 5.74) is 1.03. The minimum absolute atomic E-state index is 0.0125. The fraction of sp³-hybridized carbons (Fsp3) is 0.318. The van der Waals surface area contributed by atoms with E-state index in [-0.39, 0.29) is 23.6 Å². The van der Waals surface area contributed by atoms with Crippen LogP contribution in [0, 0.1) is 0 Å². The average molecular weight is 549 g/mol. The van der Waals surface area contributed by atoms with E-state index in [4.69, 9.17) is 16.3 Å². The van der Waals surface area contributed by atoms with Crippen molar-refractivity contribution < 1.29 is 35.9 Å². The molecule has 36 heavy (non-hydrogen) atoms. The maximum absolute atomic E-state index is 13.1. The molecule has 0 saturated carbocycles. The van der Waals surface area contributed by atoms with Gasteiger partial charge in [-0.05, 0) is 61.9 Å². The van der Waals surface area contributed by atoms with Crippen molar-refractivity contribution in [2.75, 3.05) is 23.7 Å². The van der Waals surface area contributed by atoms with Crippen molar-refractivity contribution in [1.29, 1.82) is 0 Å². The second-order valence-corrected chi connectivity index (χ2v) is 10.1. The SMILES string of the molecule is CC(C)NC(=O)COc1ccc(/C=N\NC(=O)CN(c2cc(C(F)(F)F)ccc2Cl)S(C)(=O)=O)cc1. The molecule has 0 aliphatic heterocycles. The Hall–Kier alpha value is -3.32. The first-order valence-electron chi connectivity index (χ1n) is 10.4. The summed E-state index contributed by atoms with van der Waals surface area (Å²) in [5, 5.41) is 6.12. The number of carbonyl (C=O) groups is 2. The zero-order valence-corrected chi connectivity index (χ0v) is 21.0. The molecule has 2 amide bonds. The largest absolute Gasteiger partial charge is 0.484 e. The van der Waals surface area contributed by atoms with Gasteiger partial charge in [-0.2, -0.15) is 18.3 Å². The van der Waals surface area contributed by atoms with Crippen LogP contribution < -0.4 is 19.8 Å². The maximum Gasteiger partial charge on any atom is 0.416 e. The molecule has 0 aliphatic carbocycles. The van der Waals surface area contributed by atoms with Crippen LogP contribution in [-0.4, -0.2) is 51.9 Å². The smallest absolute Gasteiger partial charge is 0.416 e. The van der Waals surface area contributed by atoms with Crippen LogP contribution in [0.3, 0.4) is 0 Å². The molecule has 196 valence electrons. The molecule has 14 heteroatoms. The van der Waals surface area contributed by atoms with Gasteiger partial charge in [0.05, 0.1) is 28.7 Å². The van der Waals surface area contributed by atoms with Gasteiger partial charge in [0.25, 0.3) is 11.8 Å². The number of anilines is 1. The van der Waals surface area contributed by atoms with E-state index in [1.807, 2.05) is 13.8 Å². The Bertz CT molecular complexity index is 1220. The van der Waals surface area contributed by atoms with Crippen molar-refractivity contribution in [2.24, 2.45) is 5.10 Å². The van der Waals surface area contributed by atoms with Crippen molar-refractivity contribution in [1.82, 2.24) is 10.7 Å². The second kappa shape index (κ2) is 12.1. The molecule has 0 radical (unpaired) electrons. The number of nitrogens with zero attached hydrogens (tertiary/aromatic N) is 2. The molecule has 0 atom stereocenters. The number of hydrogen-bond donors (Lipinski definition) is 2. The lowest BCUT2D eigenvalue weighted by Crippen LogP contribution is -2.39. The third kappa shape index (κ3) is 9.04. The van der Waals surface area contributed by atoms with Crippen molar-refractivity contribution in [2.45, 2.75) is 26.1 Å². The zero-order chi connectivity index (χ0) is 27.1. The highest BCUT2D eigenvalue weighted by atomic mass is 35.5. The van der Waals surface area contributed by atoms with E-state index < -0.39 is 39.9 Å². The third-order valence-electron chi connectivity index (χ3n) is 4.33. The molecule has 2 aromatic rings. The van der Waals surface area contributed by atoms with Crippen LogP contribution >= 0.6 is 11.6 Å².